The fourth-order valence-electron chi connectivity index (χ4n) is 2.62. The zero-order chi connectivity index (χ0) is 18.8. The highest BCUT2D eigenvalue weighted by Gasteiger charge is 2.16. The number of aliphatic imine (C=N–C) groups is 1. The van der Waals surface area contributed by atoms with Crippen LogP contribution in [0.3, 0.4) is 0 Å². The molecule has 0 amide bonds. The van der Waals surface area contributed by atoms with Gasteiger partial charge in [-0.1, -0.05) is 0 Å². The molecule has 9 heteroatoms. The van der Waals surface area contributed by atoms with Gasteiger partial charge in [-0.2, -0.15) is 0 Å². The summed E-state index contributed by atoms with van der Waals surface area (Å²) < 4.78 is 37.1. The highest BCUT2D eigenvalue weighted by Crippen LogP contribution is 2.17. The topological polar surface area (TPSA) is 58.1 Å². The first-order chi connectivity index (χ1) is 12.6. The van der Waals surface area contributed by atoms with Gasteiger partial charge in [-0.05, 0) is 26.0 Å². The molecule has 1 unspecified atom stereocenters. The van der Waals surface area contributed by atoms with E-state index < -0.39 is 11.6 Å². The summed E-state index contributed by atoms with van der Waals surface area (Å²) >= 11 is 0. The van der Waals surface area contributed by atoms with E-state index in [1.54, 1.807) is 0 Å². The van der Waals surface area contributed by atoms with Gasteiger partial charge in [0.2, 0.25) is 0 Å². The molecule has 1 aliphatic heterocycles. The summed E-state index contributed by atoms with van der Waals surface area (Å²) in [6.07, 6.45) is 0. The van der Waals surface area contributed by atoms with Crippen molar-refractivity contribution in [2.45, 2.75) is 19.9 Å². The zero-order valence-corrected chi connectivity index (χ0v) is 18.2. The predicted molar refractivity (Wildman–Crippen MR) is 113 cm³/mol. The van der Waals surface area contributed by atoms with Crippen molar-refractivity contribution in [1.82, 2.24) is 15.5 Å². The lowest BCUT2D eigenvalue weighted by atomic mass is 10.2. The highest BCUT2D eigenvalue weighted by atomic mass is 127. The van der Waals surface area contributed by atoms with Crippen LogP contribution in [-0.2, 0) is 4.74 Å². The molecule has 0 spiro atoms. The molecular weight excluding hydrogens is 469 g/mol. The van der Waals surface area contributed by atoms with Gasteiger partial charge in [-0.25, -0.2) is 8.78 Å². The average Bonchev–Trinajstić information content (AvgIpc) is 2.65. The van der Waals surface area contributed by atoms with Gasteiger partial charge in [-0.3, -0.25) is 9.89 Å². The minimum absolute atomic E-state index is 0. The van der Waals surface area contributed by atoms with Crippen LogP contribution in [0.1, 0.15) is 13.8 Å². The first-order valence-electron chi connectivity index (χ1n) is 9.02. The van der Waals surface area contributed by atoms with E-state index in [2.05, 4.69) is 27.4 Å². The lowest BCUT2D eigenvalue weighted by Gasteiger charge is -2.31. The molecule has 154 valence electrons. The van der Waals surface area contributed by atoms with Gasteiger partial charge in [0, 0.05) is 31.7 Å². The van der Waals surface area contributed by atoms with Crippen LogP contribution >= 0.6 is 24.0 Å². The zero-order valence-electron chi connectivity index (χ0n) is 15.8. The Hall–Kier alpha value is -1.20. The Bertz CT molecular complexity index is 586. The van der Waals surface area contributed by atoms with E-state index in [9.17, 15) is 8.78 Å². The van der Waals surface area contributed by atoms with Gasteiger partial charge in [-0.15, -0.1) is 24.0 Å². The summed E-state index contributed by atoms with van der Waals surface area (Å²) in [4.78, 5) is 6.95. The molecular formula is C18H29F2IN4O2. The van der Waals surface area contributed by atoms with Crippen molar-refractivity contribution in [3.8, 4) is 5.75 Å². The minimum atomic E-state index is -0.704. The van der Waals surface area contributed by atoms with Crippen molar-refractivity contribution in [2.24, 2.45) is 4.99 Å². The Morgan fingerprint density at radius 3 is 2.70 bits per heavy atom. The van der Waals surface area contributed by atoms with Gasteiger partial charge in [0.05, 0.1) is 26.3 Å². The molecule has 0 radical (unpaired) electrons. The van der Waals surface area contributed by atoms with Gasteiger partial charge in [0.15, 0.2) is 17.5 Å². The van der Waals surface area contributed by atoms with Gasteiger partial charge in [0.25, 0.3) is 0 Å². The van der Waals surface area contributed by atoms with Crippen molar-refractivity contribution in [1.29, 1.82) is 0 Å². The Morgan fingerprint density at radius 2 is 2.04 bits per heavy atom. The van der Waals surface area contributed by atoms with E-state index in [-0.39, 0.29) is 36.3 Å². The standard InChI is InChI=1S/C18H28F2N4O2.HI/c1-3-21-18(23-13-14(2)24-7-10-25-11-8-24)22-6-9-26-17-5-4-15(19)12-16(17)20;/h4-5,12,14H,3,6-11,13H2,1-2H3,(H2,21,22,23);1H. The molecule has 1 atom stereocenters. The van der Waals surface area contributed by atoms with Crippen LogP contribution in [-0.4, -0.2) is 69.4 Å². The number of nitrogens with one attached hydrogen (secondary N) is 2. The van der Waals surface area contributed by atoms with E-state index in [1.165, 1.54) is 12.1 Å². The molecule has 6 nitrogen and oxygen atoms in total. The molecule has 1 fully saturated rings. The quantitative estimate of drug-likeness (QED) is 0.249. The number of nitrogens with zero attached hydrogens (tertiary/aromatic N) is 2. The Morgan fingerprint density at radius 1 is 1.30 bits per heavy atom. The monoisotopic (exact) mass is 498 g/mol. The molecule has 1 aromatic carbocycles. The Labute approximate surface area is 176 Å². The minimum Gasteiger partial charge on any atom is -0.489 e. The van der Waals surface area contributed by atoms with Gasteiger partial charge in [0.1, 0.15) is 12.4 Å². The van der Waals surface area contributed by atoms with E-state index >= 15 is 0 Å². The second-order valence-electron chi connectivity index (χ2n) is 6.07. The van der Waals surface area contributed by atoms with E-state index in [4.69, 9.17) is 9.47 Å². The summed E-state index contributed by atoms with van der Waals surface area (Å²) in [5, 5.41) is 6.33. The first-order valence-corrected chi connectivity index (χ1v) is 9.02. The molecule has 1 aromatic rings. The molecule has 1 heterocycles. The average molecular weight is 498 g/mol. The number of hydrogen-bond acceptors (Lipinski definition) is 4. The molecule has 0 aliphatic carbocycles. The molecule has 1 saturated heterocycles. The lowest BCUT2D eigenvalue weighted by molar-refractivity contribution is 0.0220. The highest BCUT2D eigenvalue weighted by molar-refractivity contribution is 14.0. The van der Waals surface area contributed by atoms with Crippen molar-refractivity contribution in [3.05, 3.63) is 29.8 Å². The van der Waals surface area contributed by atoms with E-state index in [0.29, 0.717) is 25.1 Å². The molecule has 2 N–H and O–H groups in total. The third-order valence-corrected chi connectivity index (χ3v) is 4.07. The molecule has 0 saturated carbocycles. The van der Waals surface area contributed by atoms with Crippen LogP contribution in [0.5, 0.6) is 5.75 Å². The van der Waals surface area contributed by atoms with Gasteiger partial charge < -0.3 is 20.1 Å². The van der Waals surface area contributed by atoms with E-state index in [0.717, 1.165) is 38.9 Å². The van der Waals surface area contributed by atoms with Crippen molar-refractivity contribution >= 4 is 29.9 Å². The molecule has 0 aromatic heterocycles. The Kier molecular flexibility index (Phi) is 11.5. The number of guanidine groups is 1. The molecule has 0 bridgehead atoms. The van der Waals surface area contributed by atoms with Crippen molar-refractivity contribution < 1.29 is 18.3 Å². The van der Waals surface area contributed by atoms with Crippen LogP contribution in [0.15, 0.2) is 23.2 Å². The number of rotatable bonds is 8. The van der Waals surface area contributed by atoms with Crippen LogP contribution in [0.2, 0.25) is 0 Å². The Balaban J connectivity index is 0.00000364. The summed E-state index contributed by atoms with van der Waals surface area (Å²) in [5.41, 5.74) is 0. The summed E-state index contributed by atoms with van der Waals surface area (Å²) in [6.45, 7) is 9.64. The lowest BCUT2D eigenvalue weighted by Crippen LogP contribution is -2.45. The molecule has 27 heavy (non-hydrogen) atoms. The third-order valence-electron chi connectivity index (χ3n) is 4.07. The fraction of sp³-hybridized carbons (Fsp3) is 0.611. The third kappa shape index (κ3) is 8.56. The molecule has 1 aliphatic rings. The number of halogens is 3. The summed E-state index contributed by atoms with van der Waals surface area (Å²) in [6, 6.07) is 3.60. The van der Waals surface area contributed by atoms with Crippen LogP contribution in [0, 0.1) is 11.6 Å². The second kappa shape index (κ2) is 13.1. The number of ether oxygens (including phenoxy) is 2. The van der Waals surface area contributed by atoms with Crippen LogP contribution < -0.4 is 15.4 Å². The number of hydrogen-bond donors (Lipinski definition) is 2. The normalized spacial score (nSPS) is 16.4. The van der Waals surface area contributed by atoms with Crippen molar-refractivity contribution in [3.63, 3.8) is 0 Å². The van der Waals surface area contributed by atoms with Crippen LogP contribution in [0.4, 0.5) is 8.78 Å². The maximum absolute atomic E-state index is 13.5. The van der Waals surface area contributed by atoms with E-state index in [1.807, 2.05) is 6.92 Å². The van der Waals surface area contributed by atoms with Crippen LogP contribution in [0.25, 0.3) is 0 Å². The second-order valence-corrected chi connectivity index (χ2v) is 6.07. The van der Waals surface area contributed by atoms with Crippen molar-refractivity contribution in [2.75, 3.05) is 52.5 Å². The number of morpholine rings is 1. The summed E-state index contributed by atoms with van der Waals surface area (Å²) in [5.74, 6) is -0.597. The maximum atomic E-state index is 13.5. The SMILES string of the molecule is CCNC(=NCC(C)N1CCOCC1)NCCOc1ccc(F)cc1F.I. The number of benzene rings is 1. The smallest absolute Gasteiger partial charge is 0.191 e. The predicted octanol–water partition coefficient (Wildman–Crippen LogP) is 2.24. The van der Waals surface area contributed by atoms with Gasteiger partial charge >= 0.3 is 0 Å². The largest absolute Gasteiger partial charge is 0.489 e. The molecule has 2 rings (SSSR count). The first kappa shape index (κ1) is 23.8. The fourth-order valence-corrected chi connectivity index (χ4v) is 2.62. The maximum Gasteiger partial charge on any atom is 0.191 e. The summed E-state index contributed by atoms with van der Waals surface area (Å²) in [7, 11) is 0.